The highest BCUT2D eigenvalue weighted by atomic mass is 32.1. The zero-order chi connectivity index (χ0) is 14.4. The van der Waals surface area contributed by atoms with Gasteiger partial charge in [0.05, 0.1) is 5.69 Å². The van der Waals surface area contributed by atoms with Crippen molar-refractivity contribution < 1.29 is 8.78 Å². The van der Waals surface area contributed by atoms with Crippen molar-refractivity contribution in [3.63, 3.8) is 0 Å². The predicted molar refractivity (Wildman–Crippen MR) is 74.5 cm³/mol. The minimum absolute atomic E-state index is 0.186. The van der Waals surface area contributed by atoms with Crippen LogP contribution >= 0.6 is 12.2 Å². The van der Waals surface area contributed by atoms with Gasteiger partial charge in [0.2, 0.25) is 0 Å². The van der Waals surface area contributed by atoms with Gasteiger partial charge in [-0.1, -0.05) is 13.0 Å². The first-order chi connectivity index (χ1) is 9.54. The molecule has 0 aliphatic rings. The number of halogens is 2. The maximum absolute atomic E-state index is 14.0. The van der Waals surface area contributed by atoms with Gasteiger partial charge in [0.25, 0.3) is 0 Å². The first kappa shape index (κ1) is 13.0. The van der Waals surface area contributed by atoms with Crippen molar-refractivity contribution in [1.29, 1.82) is 0 Å². The molecule has 0 saturated carbocycles. The lowest BCUT2D eigenvalue weighted by Gasteiger charge is -2.07. The summed E-state index contributed by atoms with van der Waals surface area (Å²) in [6.07, 6.45) is 0.701. The van der Waals surface area contributed by atoms with Gasteiger partial charge in [-0.3, -0.25) is 4.57 Å². The Hall–Kier alpha value is -2.02. The number of aryl methyl sites for hydroxylation is 2. The quantitative estimate of drug-likeness (QED) is 0.737. The second kappa shape index (κ2) is 4.52. The summed E-state index contributed by atoms with van der Waals surface area (Å²) < 4.78 is 31.1. The monoisotopic (exact) mass is 294 g/mol. The normalized spacial score (nSPS) is 11.4. The van der Waals surface area contributed by atoms with Crippen LogP contribution in [-0.2, 0) is 13.5 Å². The summed E-state index contributed by atoms with van der Waals surface area (Å²) in [5.74, 6) is -1.33. The molecular weight excluding hydrogens is 282 g/mol. The number of benzene rings is 1. The number of imidazole rings is 1. The fraction of sp³-hybridized carbons (Fsp3) is 0.231. The highest BCUT2D eigenvalue weighted by Crippen LogP contribution is 2.25. The van der Waals surface area contributed by atoms with E-state index in [1.807, 2.05) is 6.92 Å². The Bertz CT molecular complexity index is 839. The molecule has 2 heterocycles. The minimum Gasteiger partial charge on any atom is -0.327 e. The Morgan fingerprint density at radius 2 is 1.95 bits per heavy atom. The second-order valence-corrected chi connectivity index (χ2v) is 4.84. The number of aromatic amines is 1. The van der Waals surface area contributed by atoms with Crippen LogP contribution in [0.2, 0.25) is 0 Å². The molecule has 0 aliphatic carbocycles. The number of fused-ring (bicyclic) bond motifs is 1. The highest BCUT2D eigenvalue weighted by molar-refractivity contribution is 7.71. The van der Waals surface area contributed by atoms with E-state index in [-0.39, 0.29) is 10.5 Å². The number of nitrogens with zero attached hydrogens (tertiary/aromatic N) is 3. The summed E-state index contributed by atoms with van der Waals surface area (Å²) in [5.41, 5.74) is 1.89. The number of aromatic nitrogens is 4. The van der Waals surface area contributed by atoms with Crippen LogP contribution in [-0.4, -0.2) is 19.3 Å². The van der Waals surface area contributed by atoms with Crippen LogP contribution in [0.3, 0.4) is 0 Å². The van der Waals surface area contributed by atoms with Crippen molar-refractivity contribution in [2.24, 2.45) is 7.05 Å². The van der Waals surface area contributed by atoms with Gasteiger partial charge in [0, 0.05) is 7.05 Å². The zero-order valence-corrected chi connectivity index (χ0v) is 11.8. The molecular formula is C13H12F2N4S. The van der Waals surface area contributed by atoms with E-state index in [1.54, 1.807) is 11.7 Å². The van der Waals surface area contributed by atoms with E-state index in [9.17, 15) is 8.78 Å². The summed E-state index contributed by atoms with van der Waals surface area (Å²) in [7, 11) is 1.72. The second-order valence-electron chi connectivity index (χ2n) is 4.46. The van der Waals surface area contributed by atoms with E-state index in [0.29, 0.717) is 17.6 Å². The number of hydrogen-bond acceptors (Lipinski definition) is 2. The van der Waals surface area contributed by atoms with Crippen molar-refractivity contribution in [2.45, 2.75) is 13.3 Å². The lowest BCUT2D eigenvalue weighted by atomic mass is 10.3. The molecule has 0 unspecified atom stereocenters. The number of rotatable bonds is 2. The smallest absolute Gasteiger partial charge is 0.184 e. The molecule has 0 aliphatic heterocycles. The van der Waals surface area contributed by atoms with Crippen LogP contribution < -0.4 is 0 Å². The number of nitrogens with one attached hydrogen (secondary N) is 1. The maximum atomic E-state index is 14.0. The number of H-pyrrole nitrogens is 1. The first-order valence-electron chi connectivity index (χ1n) is 6.15. The van der Waals surface area contributed by atoms with Crippen LogP contribution in [0.15, 0.2) is 18.2 Å². The molecule has 104 valence electrons. The molecule has 4 nitrogen and oxygen atoms in total. The van der Waals surface area contributed by atoms with Crippen molar-refractivity contribution >= 4 is 23.4 Å². The topological polar surface area (TPSA) is 38.5 Å². The summed E-state index contributed by atoms with van der Waals surface area (Å²) in [5, 5.41) is 4.33. The average Bonchev–Trinajstić information content (AvgIpc) is 2.88. The summed E-state index contributed by atoms with van der Waals surface area (Å²) >= 11 is 5.21. The Balaban J connectivity index is 2.46. The Morgan fingerprint density at radius 1 is 1.30 bits per heavy atom. The van der Waals surface area contributed by atoms with Gasteiger partial charge in [-0.05, 0) is 30.8 Å². The third-order valence-corrected chi connectivity index (χ3v) is 3.52. The van der Waals surface area contributed by atoms with Gasteiger partial charge in [0.1, 0.15) is 22.8 Å². The van der Waals surface area contributed by atoms with Crippen molar-refractivity contribution in [3.05, 3.63) is 40.3 Å². The predicted octanol–water partition coefficient (Wildman–Crippen LogP) is 3.26. The molecule has 7 heteroatoms. The van der Waals surface area contributed by atoms with Crippen molar-refractivity contribution in [1.82, 2.24) is 19.3 Å². The molecule has 1 N–H and O–H groups in total. The van der Waals surface area contributed by atoms with Crippen LogP contribution in [0.5, 0.6) is 0 Å². The first-order valence-corrected chi connectivity index (χ1v) is 6.56. The maximum Gasteiger partial charge on any atom is 0.184 e. The summed E-state index contributed by atoms with van der Waals surface area (Å²) in [4.78, 5) is 2.98. The molecule has 3 aromatic rings. The molecule has 3 rings (SSSR count). The third kappa shape index (κ3) is 1.70. The van der Waals surface area contributed by atoms with Gasteiger partial charge in [0.15, 0.2) is 10.4 Å². The van der Waals surface area contributed by atoms with Gasteiger partial charge >= 0.3 is 0 Å². The molecule has 0 amide bonds. The minimum atomic E-state index is -0.666. The molecule has 0 fully saturated rings. The Morgan fingerprint density at radius 3 is 2.55 bits per heavy atom. The third-order valence-electron chi connectivity index (χ3n) is 3.23. The van der Waals surface area contributed by atoms with Crippen LogP contribution in [0.25, 0.3) is 16.9 Å². The largest absolute Gasteiger partial charge is 0.327 e. The summed E-state index contributed by atoms with van der Waals surface area (Å²) in [6, 6.07) is 3.73. The van der Waals surface area contributed by atoms with Crippen LogP contribution in [0.4, 0.5) is 8.78 Å². The van der Waals surface area contributed by atoms with Gasteiger partial charge in [-0.25, -0.2) is 13.5 Å². The van der Waals surface area contributed by atoms with E-state index in [4.69, 9.17) is 12.2 Å². The van der Waals surface area contributed by atoms with Crippen molar-refractivity contribution in [3.8, 4) is 5.69 Å². The van der Waals surface area contributed by atoms with Crippen molar-refractivity contribution in [2.75, 3.05) is 0 Å². The Labute approximate surface area is 118 Å². The molecule has 0 atom stereocenters. The van der Waals surface area contributed by atoms with E-state index in [1.165, 1.54) is 22.8 Å². The molecule has 2 aromatic heterocycles. The lowest BCUT2D eigenvalue weighted by molar-refractivity contribution is 0.568. The standard InChI is InChI=1S/C13H12F2N4S/c1-3-9-10-12(18(2)17-9)19(13(20)16-10)11-7(14)5-4-6-8(11)15/h4-6H,3H2,1-2H3,(H,16,20). The SMILES string of the molecule is CCc1nn(C)c2c1[nH]c(=S)n2-c1c(F)cccc1F. The van der Waals surface area contributed by atoms with E-state index in [0.717, 1.165) is 5.69 Å². The number of hydrogen-bond donors (Lipinski definition) is 1. The molecule has 20 heavy (non-hydrogen) atoms. The van der Waals surface area contributed by atoms with Gasteiger partial charge in [-0.2, -0.15) is 5.10 Å². The fourth-order valence-electron chi connectivity index (χ4n) is 2.37. The average molecular weight is 294 g/mol. The van der Waals surface area contributed by atoms with Crippen LogP contribution in [0.1, 0.15) is 12.6 Å². The molecule has 0 radical (unpaired) electrons. The summed E-state index contributed by atoms with van der Waals surface area (Å²) in [6.45, 7) is 1.96. The van der Waals surface area contributed by atoms with E-state index < -0.39 is 11.6 Å². The molecule has 0 saturated heterocycles. The van der Waals surface area contributed by atoms with Crippen LogP contribution in [0, 0.1) is 16.4 Å². The molecule has 0 bridgehead atoms. The highest BCUT2D eigenvalue weighted by Gasteiger charge is 2.19. The molecule has 0 spiro atoms. The lowest BCUT2D eigenvalue weighted by Crippen LogP contribution is -2.05. The van der Waals surface area contributed by atoms with E-state index >= 15 is 0 Å². The van der Waals surface area contributed by atoms with E-state index in [2.05, 4.69) is 10.1 Å². The Kier molecular flexibility index (Phi) is 2.93. The zero-order valence-electron chi connectivity index (χ0n) is 10.9. The molecule has 1 aromatic carbocycles. The van der Waals surface area contributed by atoms with Gasteiger partial charge < -0.3 is 4.98 Å². The van der Waals surface area contributed by atoms with Gasteiger partial charge in [-0.15, -0.1) is 0 Å². The number of para-hydroxylation sites is 1. The fourth-order valence-corrected chi connectivity index (χ4v) is 2.65.